The number of amides is 3. The van der Waals surface area contributed by atoms with E-state index in [0.29, 0.717) is 22.7 Å². The third-order valence-corrected chi connectivity index (χ3v) is 7.13. The Bertz CT molecular complexity index is 1200. The van der Waals surface area contributed by atoms with Crippen molar-refractivity contribution in [2.45, 2.75) is 37.7 Å². The maximum absolute atomic E-state index is 14.1. The highest BCUT2D eigenvalue weighted by Crippen LogP contribution is 2.54. The molecule has 176 valence electrons. The molecule has 3 heterocycles. The summed E-state index contributed by atoms with van der Waals surface area (Å²) in [6.45, 7) is 3.96. The summed E-state index contributed by atoms with van der Waals surface area (Å²) >= 11 is 1.08. The number of benzene rings is 2. The Morgan fingerprint density at radius 3 is 2.62 bits per heavy atom. The Morgan fingerprint density at radius 1 is 1.12 bits per heavy atom. The smallest absolute Gasteiger partial charge is 0.270 e. The zero-order chi connectivity index (χ0) is 23.9. The Kier molecular flexibility index (Phi) is 5.68. The van der Waals surface area contributed by atoms with Crippen LogP contribution in [-0.2, 0) is 19.3 Å². The van der Waals surface area contributed by atoms with Crippen LogP contribution in [0.25, 0.3) is 0 Å². The maximum Gasteiger partial charge on any atom is 0.270 e. The molecule has 0 aliphatic carbocycles. The van der Waals surface area contributed by atoms with Crippen molar-refractivity contribution < 1.29 is 23.9 Å². The number of fused-ring (bicyclic) bond motifs is 3. The van der Waals surface area contributed by atoms with Crippen LogP contribution >= 0.6 is 11.8 Å². The number of nitrogens with zero attached hydrogens (tertiary/aromatic N) is 3. The molecule has 0 saturated heterocycles. The molecule has 3 aliphatic rings. The van der Waals surface area contributed by atoms with Gasteiger partial charge in [-0.15, -0.1) is 5.10 Å². The van der Waals surface area contributed by atoms with Gasteiger partial charge in [-0.25, -0.2) is 0 Å². The number of hydrogen-bond donors (Lipinski definition) is 1. The topological polar surface area (TPSA) is 101 Å². The van der Waals surface area contributed by atoms with Crippen LogP contribution in [0.2, 0.25) is 0 Å². The molecule has 2 atom stereocenters. The van der Waals surface area contributed by atoms with Crippen LogP contribution < -0.4 is 19.7 Å². The van der Waals surface area contributed by atoms with Crippen molar-refractivity contribution in [2.75, 3.05) is 18.1 Å². The Labute approximate surface area is 201 Å². The number of amidine groups is 1. The molecular formula is C24H24N4O5S. The number of nitrogens with one attached hydrogen (secondary N) is 1. The minimum Gasteiger partial charge on any atom is -0.486 e. The van der Waals surface area contributed by atoms with Crippen molar-refractivity contribution in [3.8, 4) is 11.5 Å². The lowest BCUT2D eigenvalue weighted by Gasteiger charge is -2.32. The largest absolute Gasteiger partial charge is 0.486 e. The normalized spacial score (nSPS) is 22.6. The van der Waals surface area contributed by atoms with Gasteiger partial charge in [0.25, 0.3) is 5.91 Å². The van der Waals surface area contributed by atoms with Gasteiger partial charge in [-0.3, -0.25) is 14.4 Å². The number of ether oxygens (including phenoxy) is 2. The van der Waals surface area contributed by atoms with E-state index < -0.39 is 11.0 Å². The third-order valence-electron chi connectivity index (χ3n) is 5.89. The van der Waals surface area contributed by atoms with Crippen LogP contribution in [0.5, 0.6) is 11.5 Å². The summed E-state index contributed by atoms with van der Waals surface area (Å²) in [5.74, 6) is 0.421. The van der Waals surface area contributed by atoms with E-state index in [1.807, 2.05) is 48.5 Å². The molecule has 5 rings (SSSR count). The summed E-state index contributed by atoms with van der Waals surface area (Å²) in [6.07, 6.45) is 0.0157. The summed E-state index contributed by atoms with van der Waals surface area (Å²) in [5, 5.41) is 8.53. The lowest BCUT2D eigenvalue weighted by atomic mass is 10.1. The molecule has 0 saturated carbocycles. The predicted octanol–water partition coefficient (Wildman–Crippen LogP) is 2.81. The van der Waals surface area contributed by atoms with Crippen LogP contribution in [0.15, 0.2) is 53.6 Å². The fraction of sp³-hybridized carbons (Fsp3) is 0.333. The van der Waals surface area contributed by atoms with Gasteiger partial charge in [0.15, 0.2) is 22.8 Å². The first-order chi connectivity index (χ1) is 16.5. The highest BCUT2D eigenvalue weighted by molar-refractivity contribution is 8.15. The lowest BCUT2D eigenvalue weighted by molar-refractivity contribution is -0.140. The Morgan fingerprint density at radius 2 is 1.85 bits per heavy atom. The number of carbonyl (C=O) groups is 3. The second kappa shape index (κ2) is 8.68. The van der Waals surface area contributed by atoms with Crippen LogP contribution in [0.3, 0.4) is 0 Å². The highest BCUT2D eigenvalue weighted by atomic mass is 32.2. The zero-order valence-corrected chi connectivity index (χ0v) is 19.6. The molecule has 9 nitrogen and oxygen atoms in total. The van der Waals surface area contributed by atoms with Crippen molar-refractivity contribution in [1.29, 1.82) is 0 Å². The fourth-order valence-corrected chi connectivity index (χ4v) is 5.52. The minimum atomic E-state index is -1.42. The summed E-state index contributed by atoms with van der Waals surface area (Å²) in [7, 11) is 0. The molecule has 0 fully saturated rings. The van der Waals surface area contributed by atoms with Crippen LogP contribution in [0.4, 0.5) is 5.69 Å². The standard InChI is InChI=1S/C24H24N4O5S/c1-3-20(29)25-23-26-28(21(30)4-2)24(34-23)16-9-5-6-10-17(16)27(22(24)31)13-15-14-32-18-11-7-8-12-19(18)33-15/h5-12,15H,3-4,13-14H2,1-2H3,(H,25,26,29)/t15-,24+/m0/s1. The van der Waals surface area contributed by atoms with E-state index in [4.69, 9.17) is 9.47 Å². The van der Waals surface area contributed by atoms with Gasteiger partial charge in [0.05, 0.1) is 12.2 Å². The first kappa shape index (κ1) is 22.3. The van der Waals surface area contributed by atoms with Crippen LogP contribution in [0.1, 0.15) is 32.3 Å². The van der Waals surface area contributed by atoms with Crippen molar-refractivity contribution in [3.05, 3.63) is 54.1 Å². The SMILES string of the molecule is CCC(=O)NC1=NN(C(=O)CC)[C@]2(S1)C(=O)N(C[C@H]1COc3ccccc3O1)c1ccccc12. The van der Waals surface area contributed by atoms with E-state index in [1.54, 1.807) is 18.7 Å². The zero-order valence-electron chi connectivity index (χ0n) is 18.8. The van der Waals surface area contributed by atoms with Crippen LogP contribution in [0, 0.1) is 0 Å². The molecule has 1 N–H and O–H groups in total. The molecule has 0 unspecified atom stereocenters. The average Bonchev–Trinajstić information content (AvgIpc) is 3.35. The molecule has 2 aromatic carbocycles. The van der Waals surface area contributed by atoms with Crippen molar-refractivity contribution >= 4 is 40.3 Å². The number of hydrogen-bond acceptors (Lipinski definition) is 7. The minimum absolute atomic E-state index is 0.159. The number of para-hydroxylation sites is 3. The second-order valence-electron chi connectivity index (χ2n) is 8.04. The third kappa shape index (κ3) is 3.49. The number of thioether (sulfide) groups is 1. The van der Waals surface area contributed by atoms with Gasteiger partial charge in [-0.2, -0.15) is 5.01 Å². The maximum atomic E-state index is 14.1. The fourth-order valence-electron chi connectivity index (χ4n) is 4.25. The first-order valence-electron chi connectivity index (χ1n) is 11.2. The van der Waals surface area contributed by atoms with Crippen molar-refractivity contribution in [3.63, 3.8) is 0 Å². The van der Waals surface area contributed by atoms with Gasteiger partial charge >= 0.3 is 0 Å². The first-order valence-corrected chi connectivity index (χ1v) is 12.0. The van der Waals surface area contributed by atoms with Gasteiger partial charge in [0, 0.05) is 18.4 Å². The second-order valence-corrected chi connectivity index (χ2v) is 9.22. The molecule has 0 radical (unpaired) electrons. The summed E-state index contributed by atoms with van der Waals surface area (Å²) in [5.41, 5.74) is 1.32. The summed E-state index contributed by atoms with van der Waals surface area (Å²) in [4.78, 5) is 39.2. The monoisotopic (exact) mass is 480 g/mol. The molecule has 10 heteroatoms. The number of rotatable bonds is 4. The van der Waals surface area contributed by atoms with E-state index in [-0.39, 0.29) is 48.9 Å². The molecular weight excluding hydrogens is 456 g/mol. The Hall–Kier alpha value is -3.53. The molecule has 0 aromatic heterocycles. The molecule has 1 spiro atoms. The quantitative estimate of drug-likeness (QED) is 0.722. The summed E-state index contributed by atoms with van der Waals surface area (Å²) < 4.78 is 11.9. The average molecular weight is 481 g/mol. The summed E-state index contributed by atoms with van der Waals surface area (Å²) in [6, 6.07) is 14.7. The van der Waals surface area contributed by atoms with E-state index in [2.05, 4.69) is 10.4 Å². The van der Waals surface area contributed by atoms with E-state index in [0.717, 1.165) is 11.8 Å². The van der Waals surface area contributed by atoms with Crippen molar-refractivity contribution in [1.82, 2.24) is 10.3 Å². The number of hydrazone groups is 1. The van der Waals surface area contributed by atoms with Gasteiger partial charge in [0.1, 0.15) is 6.61 Å². The molecule has 3 amide bonds. The molecule has 3 aliphatic heterocycles. The highest BCUT2D eigenvalue weighted by Gasteiger charge is 2.61. The van der Waals surface area contributed by atoms with Gasteiger partial charge in [0.2, 0.25) is 16.7 Å². The van der Waals surface area contributed by atoms with Crippen LogP contribution in [-0.4, -0.2) is 47.2 Å². The molecule has 2 aromatic rings. The Balaban J connectivity index is 1.49. The van der Waals surface area contributed by atoms with Gasteiger partial charge in [-0.1, -0.05) is 44.2 Å². The van der Waals surface area contributed by atoms with Crippen molar-refractivity contribution in [2.24, 2.45) is 5.10 Å². The van der Waals surface area contributed by atoms with E-state index in [9.17, 15) is 14.4 Å². The molecule has 34 heavy (non-hydrogen) atoms. The lowest BCUT2D eigenvalue weighted by Crippen LogP contribution is -2.51. The van der Waals surface area contributed by atoms with E-state index >= 15 is 0 Å². The number of carbonyl (C=O) groups excluding carboxylic acids is 3. The predicted molar refractivity (Wildman–Crippen MR) is 127 cm³/mol. The van der Waals surface area contributed by atoms with Gasteiger partial charge in [-0.05, 0) is 30.0 Å². The number of anilines is 1. The van der Waals surface area contributed by atoms with Gasteiger partial charge < -0.3 is 19.7 Å². The van der Waals surface area contributed by atoms with E-state index in [1.165, 1.54) is 5.01 Å². The molecule has 0 bridgehead atoms.